The first kappa shape index (κ1) is 21.8. The summed E-state index contributed by atoms with van der Waals surface area (Å²) in [5.74, 6) is -0.561. The Bertz CT molecular complexity index is 1090. The monoisotopic (exact) mass is 452 g/mol. The number of imidazole rings is 1. The topological polar surface area (TPSA) is 86.5 Å². The van der Waals surface area contributed by atoms with Crippen molar-refractivity contribution in [2.24, 2.45) is 0 Å². The number of aliphatic hydroxyl groups excluding tert-OH is 1. The van der Waals surface area contributed by atoms with Crippen molar-refractivity contribution in [2.75, 3.05) is 13.2 Å². The third-order valence-corrected chi connectivity index (χ3v) is 6.25. The molecule has 3 aromatic rings. The van der Waals surface area contributed by atoms with Gasteiger partial charge in [-0.05, 0) is 35.6 Å². The Hall–Kier alpha value is -3.39. The summed E-state index contributed by atoms with van der Waals surface area (Å²) in [5.41, 5.74) is 0.898. The third kappa shape index (κ3) is 4.45. The molecule has 1 unspecified atom stereocenters. The molecule has 0 bridgehead atoms. The lowest BCUT2D eigenvalue weighted by atomic mass is 9.95. The number of hydrogen-bond acceptors (Lipinski definition) is 5. The largest absolute Gasteiger partial charge is 0.503 e. The van der Waals surface area contributed by atoms with Crippen molar-refractivity contribution < 1.29 is 24.0 Å². The predicted molar refractivity (Wildman–Crippen MR) is 121 cm³/mol. The Balaban J connectivity index is 1.63. The number of H-pyrrole nitrogens is 1. The highest BCUT2D eigenvalue weighted by molar-refractivity contribution is 7.12. The van der Waals surface area contributed by atoms with E-state index in [1.54, 1.807) is 17.0 Å². The fraction of sp³-hybridized carbons (Fsp3) is 0.292. The molecule has 2 aromatic heterocycles. The van der Waals surface area contributed by atoms with Gasteiger partial charge in [-0.25, -0.2) is 4.57 Å². The van der Waals surface area contributed by atoms with Gasteiger partial charge in [0.1, 0.15) is 18.1 Å². The van der Waals surface area contributed by atoms with Crippen LogP contribution in [-0.2, 0) is 11.3 Å². The number of aryl methyl sites for hydroxylation is 1. The van der Waals surface area contributed by atoms with Crippen LogP contribution in [0.5, 0.6) is 5.75 Å². The van der Waals surface area contributed by atoms with E-state index >= 15 is 0 Å². The number of aliphatic hydroxyl groups is 1. The number of ketones is 1. The molecule has 4 rings (SSSR count). The van der Waals surface area contributed by atoms with Crippen LogP contribution in [0.15, 0.2) is 71.8 Å². The average Bonchev–Trinajstić information content (AvgIpc) is 3.56. The van der Waals surface area contributed by atoms with Crippen LogP contribution < -0.4 is 9.30 Å². The number of hydrogen-bond donors (Lipinski definition) is 2. The molecule has 0 fully saturated rings. The number of nitrogens with zero attached hydrogens (tertiary/aromatic N) is 2. The Morgan fingerprint density at radius 3 is 2.75 bits per heavy atom. The number of ether oxygens (including phenoxy) is 1. The number of aromatic amines is 1. The molecule has 2 N–H and O–H groups in total. The molecular formula is C24H26N3O4S+. The number of rotatable bonds is 10. The molecule has 3 heterocycles. The molecule has 1 atom stereocenters. The minimum atomic E-state index is -0.645. The minimum Gasteiger partial charge on any atom is -0.503 e. The van der Waals surface area contributed by atoms with Gasteiger partial charge >= 0.3 is 0 Å². The maximum atomic E-state index is 13.2. The van der Waals surface area contributed by atoms with Crippen molar-refractivity contribution in [1.29, 1.82) is 0 Å². The predicted octanol–water partition coefficient (Wildman–Crippen LogP) is 3.82. The summed E-state index contributed by atoms with van der Waals surface area (Å²) < 4.78 is 7.65. The van der Waals surface area contributed by atoms with E-state index in [0.717, 1.165) is 17.7 Å². The SMILES string of the molecule is CCCOc1ccc(C2C(C(=O)c3cccs3)=C(O)C(=O)N2CCC[n+]2cc[nH]c2)cc1. The van der Waals surface area contributed by atoms with Crippen molar-refractivity contribution in [3.05, 3.63) is 82.3 Å². The van der Waals surface area contributed by atoms with E-state index in [2.05, 4.69) is 4.98 Å². The first-order valence-corrected chi connectivity index (χ1v) is 11.5. The van der Waals surface area contributed by atoms with Gasteiger partial charge in [0.25, 0.3) is 5.91 Å². The van der Waals surface area contributed by atoms with Gasteiger partial charge in [-0.15, -0.1) is 11.3 Å². The second kappa shape index (κ2) is 9.82. The highest BCUT2D eigenvalue weighted by Crippen LogP contribution is 2.40. The van der Waals surface area contributed by atoms with Gasteiger partial charge in [0.2, 0.25) is 12.1 Å². The number of nitrogens with one attached hydrogen (secondary N) is 1. The molecule has 1 aromatic carbocycles. The lowest BCUT2D eigenvalue weighted by Gasteiger charge is -2.26. The normalized spacial score (nSPS) is 16.1. The number of Topliss-reactive ketones (excluding diaryl/α,β-unsaturated/α-hetero) is 1. The smallest absolute Gasteiger partial charge is 0.290 e. The molecule has 7 nitrogen and oxygen atoms in total. The minimum absolute atomic E-state index is 0.133. The number of carbonyl (C=O) groups excluding carboxylic acids is 2. The summed E-state index contributed by atoms with van der Waals surface area (Å²) >= 11 is 1.30. The van der Waals surface area contributed by atoms with Gasteiger partial charge in [0.15, 0.2) is 5.76 Å². The first-order valence-electron chi connectivity index (χ1n) is 10.7. The molecule has 0 spiro atoms. The van der Waals surface area contributed by atoms with Crippen LogP contribution in [0.25, 0.3) is 0 Å². The number of amides is 1. The lowest BCUT2D eigenvalue weighted by molar-refractivity contribution is -0.695. The maximum Gasteiger partial charge on any atom is 0.290 e. The van der Waals surface area contributed by atoms with E-state index < -0.39 is 17.7 Å². The van der Waals surface area contributed by atoms with E-state index in [9.17, 15) is 14.7 Å². The zero-order valence-electron chi connectivity index (χ0n) is 17.9. The summed E-state index contributed by atoms with van der Waals surface area (Å²) in [7, 11) is 0. The Labute approximate surface area is 190 Å². The second-order valence-electron chi connectivity index (χ2n) is 7.59. The molecular weight excluding hydrogens is 426 g/mol. The molecule has 0 aliphatic carbocycles. The van der Waals surface area contributed by atoms with Crippen LogP contribution in [0.1, 0.15) is 41.0 Å². The highest BCUT2D eigenvalue weighted by atomic mass is 32.1. The maximum absolute atomic E-state index is 13.2. The average molecular weight is 453 g/mol. The number of benzene rings is 1. The van der Waals surface area contributed by atoms with Crippen molar-refractivity contribution >= 4 is 23.0 Å². The Morgan fingerprint density at radius 2 is 2.09 bits per heavy atom. The van der Waals surface area contributed by atoms with Gasteiger partial charge in [-0.1, -0.05) is 25.1 Å². The van der Waals surface area contributed by atoms with Gasteiger partial charge < -0.3 is 14.7 Å². The summed E-state index contributed by atoms with van der Waals surface area (Å²) in [6.45, 7) is 3.77. The molecule has 166 valence electrons. The molecule has 8 heteroatoms. The van der Waals surface area contributed by atoms with E-state index in [1.807, 2.05) is 59.9 Å². The standard InChI is InChI=1S/C24H25N3O4S/c1-2-14-31-18-8-6-17(7-9-18)21-20(22(28)19-5-3-15-32-19)23(29)24(30)27(21)12-4-11-26-13-10-25-16-26/h3,5-10,13,15-16,21H,2,4,11-12,14H2,1H3,(H,28,29)/p+1. The van der Waals surface area contributed by atoms with E-state index in [4.69, 9.17) is 4.74 Å². The Morgan fingerprint density at radius 1 is 1.28 bits per heavy atom. The van der Waals surface area contributed by atoms with E-state index in [-0.39, 0.29) is 11.4 Å². The Kier molecular flexibility index (Phi) is 6.70. The number of thiophene rings is 1. The lowest BCUT2D eigenvalue weighted by Crippen LogP contribution is -2.36. The zero-order chi connectivity index (χ0) is 22.5. The highest BCUT2D eigenvalue weighted by Gasteiger charge is 2.43. The number of carbonyl (C=O) groups is 2. The third-order valence-electron chi connectivity index (χ3n) is 5.38. The molecule has 1 aliphatic rings. The van der Waals surface area contributed by atoms with Crippen LogP contribution >= 0.6 is 11.3 Å². The molecule has 1 amide bonds. The fourth-order valence-electron chi connectivity index (χ4n) is 3.85. The van der Waals surface area contributed by atoms with Gasteiger partial charge in [-0.3, -0.25) is 14.6 Å². The zero-order valence-corrected chi connectivity index (χ0v) is 18.7. The molecule has 32 heavy (non-hydrogen) atoms. The van der Waals surface area contributed by atoms with Crippen molar-refractivity contribution in [3.63, 3.8) is 0 Å². The number of aromatic nitrogens is 2. The van der Waals surface area contributed by atoms with Crippen molar-refractivity contribution in [1.82, 2.24) is 9.88 Å². The van der Waals surface area contributed by atoms with Crippen molar-refractivity contribution in [2.45, 2.75) is 32.4 Å². The van der Waals surface area contributed by atoms with Gasteiger partial charge in [0.05, 0.1) is 29.6 Å². The summed E-state index contributed by atoms with van der Waals surface area (Å²) in [6.07, 6.45) is 7.18. The van der Waals surface area contributed by atoms with Gasteiger partial charge in [0, 0.05) is 13.0 Å². The summed E-state index contributed by atoms with van der Waals surface area (Å²) in [6, 6.07) is 10.2. The second-order valence-corrected chi connectivity index (χ2v) is 8.54. The summed E-state index contributed by atoms with van der Waals surface area (Å²) in [5, 5.41) is 12.5. The van der Waals surface area contributed by atoms with Crippen molar-refractivity contribution in [3.8, 4) is 5.75 Å². The van der Waals surface area contributed by atoms with Crippen LogP contribution in [0.3, 0.4) is 0 Å². The first-order chi connectivity index (χ1) is 15.6. The quantitative estimate of drug-likeness (QED) is 0.362. The van der Waals surface area contributed by atoms with Crippen LogP contribution in [0, 0.1) is 0 Å². The molecule has 1 aliphatic heterocycles. The fourth-order valence-corrected chi connectivity index (χ4v) is 4.53. The molecule has 0 saturated heterocycles. The van der Waals surface area contributed by atoms with E-state index in [0.29, 0.717) is 31.0 Å². The summed E-state index contributed by atoms with van der Waals surface area (Å²) in [4.78, 5) is 31.3. The van der Waals surface area contributed by atoms with Crippen LogP contribution in [0.4, 0.5) is 0 Å². The van der Waals surface area contributed by atoms with Gasteiger partial charge in [-0.2, -0.15) is 0 Å². The van der Waals surface area contributed by atoms with E-state index in [1.165, 1.54) is 11.3 Å². The van der Waals surface area contributed by atoms with Crippen LogP contribution in [0.2, 0.25) is 0 Å². The molecule has 0 saturated carbocycles. The van der Waals surface area contributed by atoms with Crippen LogP contribution in [-0.4, -0.2) is 39.8 Å². The molecule has 0 radical (unpaired) electrons.